The van der Waals surface area contributed by atoms with Gasteiger partial charge in [-0.2, -0.15) is 0 Å². The molecular weight excluding hydrogens is 590 g/mol. The molecule has 2 aliphatic rings. The summed E-state index contributed by atoms with van der Waals surface area (Å²) in [5.41, 5.74) is 0. The fraction of sp³-hybridized carbons (Fsp3) is 0.500. The maximum absolute atomic E-state index is 12.7. The van der Waals surface area contributed by atoms with Crippen LogP contribution in [0.25, 0.3) is 0 Å². The highest BCUT2D eigenvalue weighted by molar-refractivity contribution is 14.1. The Morgan fingerprint density at radius 2 is 1.97 bits per heavy atom. The van der Waals surface area contributed by atoms with Crippen LogP contribution in [0.3, 0.4) is 0 Å². The fourth-order valence-corrected chi connectivity index (χ4v) is 5.97. The number of ether oxygens (including phenoxy) is 2. The first kappa shape index (κ1) is 24.0. The highest BCUT2D eigenvalue weighted by Gasteiger charge is 2.65. The van der Waals surface area contributed by atoms with Crippen molar-refractivity contribution in [2.24, 2.45) is 0 Å². The molecule has 30 heavy (non-hydrogen) atoms. The third-order valence-corrected chi connectivity index (χ3v) is 8.70. The number of thioether (sulfide) groups is 1. The number of esters is 1. The Hall–Kier alpha value is -0.620. The van der Waals surface area contributed by atoms with Gasteiger partial charge in [-0.15, -0.1) is 11.8 Å². The Balaban J connectivity index is 1.62. The number of nitrogens with one attached hydrogen (secondary N) is 1. The Labute approximate surface area is 206 Å². The summed E-state index contributed by atoms with van der Waals surface area (Å²) in [4.78, 5) is 39.1. The van der Waals surface area contributed by atoms with Crippen molar-refractivity contribution in [2.45, 2.75) is 32.9 Å². The molecule has 0 radical (unpaired) electrons. The van der Waals surface area contributed by atoms with E-state index in [-0.39, 0.29) is 17.9 Å². The van der Waals surface area contributed by atoms with Crippen molar-refractivity contribution < 1.29 is 23.9 Å². The molecule has 0 spiro atoms. The van der Waals surface area contributed by atoms with Gasteiger partial charge in [-0.05, 0) is 19.1 Å². The molecule has 4 unspecified atom stereocenters. The zero-order valence-corrected chi connectivity index (χ0v) is 20.9. The lowest BCUT2D eigenvalue weighted by Crippen LogP contribution is -2.71. The first-order valence-corrected chi connectivity index (χ1v) is 12.4. The van der Waals surface area contributed by atoms with Gasteiger partial charge >= 0.3 is 5.97 Å². The minimum absolute atomic E-state index is 0.219. The Kier molecular flexibility index (Phi) is 7.59. The number of nitrogens with zero attached hydrogens (tertiary/aromatic N) is 1. The standard InChI is InChI=1S/C18H18Cl3IN2O5S/c1-17(8-22)13(16(27)29-9-18(19,20)21)24-14(26)12(15(24)30-17)23-11(25)7-28-10-5-3-2-4-6-10/h2-6,12-13,15H,7-9H2,1H3,(H,23,25). The fourth-order valence-electron chi connectivity index (χ4n) is 3.23. The van der Waals surface area contributed by atoms with E-state index in [1.165, 1.54) is 16.7 Å². The molecule has 0 aromatic heterocycles. The highest BCUT2D eigenvalue weighted by Crippen LogP contribution is 2.52. The molecule has 0 saturated carbocycles. The van der Waals surface area contributed by atoms with Gasteiger partial charge in [0.2, 0.25) is 9.70 Å². The van der Waals surface area contributed by atoms with Gasteiger partial charge in [0.25, 0.3) is 5.91 Å². The van der Waals surface area contributed by atoms with E-state index >= 15 is 0 Å². The van der Waals surface area contributed by atoms with E-state index in [0.29, 0.717) is 10.2 Å². The molecule has 2 heterocycles. The maximum atomic E-state index is 12.7. The Morgan fingerprint density at radius 3 is 2.57 bits per heavy atom. The number of alkyl halides is 4. The van der Waals surface area contributed by atoms with Gasteiger partial charge in [0, 0.05) is 4.43 Å². The van der Waals surface area contributed by atoms with Crippen molar-refractivity contribution in [3.05, 3.63) is 30.3 Å². The molecule has 1 N–H and O–H groups in total. The zero-order chi connectivity index (χ0) is 22.1. The van der Waals surface area contributed by atoms with Gasteiger partial charge < -0.3 is 19.7 Å². The molecule has 12 heteroatoms. The van der Waals surface area contributed by atoms with Crippen LogP contribution in [0.1, 0.15) is 6.92 Å². The maximum Gasteiger partial charge on any atom is 0.330 e. The number of halogens is 4. The summed E-state index contributed by atoms with van der Waals surface area (Å²) in [6.07, 6.45) is 0. The molecular formula is C18H18Cl3IN2O5S. The number of amides is 2. The van der Waals surface area contributed by atoms with Gasteiger partial charge in [-0.25, -0.2) is 4.79 Å². The van der Waals surface area contributed by atoms with Crippen LogP contribution in [0.2, 0.25) is 0 Å². The molecule has 2 aliphatic heterocycles. The average molecular weight is 608 g/mol. The number of fused-ring (bicyclic) bond motifs is 1. The first-order chi connectivity index (χ1) is 14.1. The van der Waals surface area contributed by atoms with E-state index in [0.717, 1.165) is 0 Å². The SMILES string of the molecule is CC1(CI)SC2C(NC(=O)COc3ccccc3)C(=O)N2C1C(=O)OCC(Cl)(Cl)Cl. The number of carbonyl (C=O) groups excluding carboxylic acids is 3. The highest BCUT2D eigenvalue weighted by atomic mass is 127. The summed E-state index contributed by atoms with van der Waals surface area (Å²) in [5.74, 6) is -0.861. The van der Waals surface area contributed by atoms with Crippen molar-refractivity contribution in [3.63, 3.8) is 0 Å². The third kappa shape index (κ3) is 5.23. The van der Waals surface area contributed by atoms with Crippen molar-refractivity contribution in [1.29, 1.82) is 0 Å². The molecule has 2 fully saturated rings. The van der Waals surface area contributed by atoms with Crippen molar-refractivity contribution >= 4 is 86.9 Å². The Morgan fingerprint density at radius 1 is 1.30 bits per heavy atom. The van der Waals surface area contributed by atoms with E-state index < -0.39 is 39.1 Å². The number of para-hydroxylation sites is 1. The number of β-lactam (4-membered cyclic amide) rings is 1. The molecule has 4 atom stereocenters. The molecule has 1 aromatic rings. The largest absolute Gasteiger partial charge is 0.484 e. The van der Waals surface area contributed by atoms with Crippen LogP contribution in [0.5, 0.6) is 5.75 Å². The molecule has 0 aliphatic carbocycles. The van der Waals surface area contributed by atoms with Crippen LogP contribution < -0.4 is 10.1 Å². The van der Waals surface area contributed by atoms with E-state index in [9.17, 15) is 14.4 Å². The first-order valence-electron chi connectivity index (χ1n) is 8.82. The van der Waals surface area contributed by atoms with Gasteiger partial charge in [0.15, 0.2) is 6.61 Å². The predicted octanol–water partition coefficient (Wildman–Crippen LogP) is 2.94. The molecule has 0 bridgehead atoms. The van der Waals surface area contributed by atoms with Crippen LogP contribution in [0.15, 0.2) is 30.3 Å². The monoisotopic (exact) mass is 606 g/mol. The molecule has 7 nitrogen and oxygen atoms in total. The quantitative estimate of drug-likeness (QED) is 0.222. The minimum Gasteiger partial charge on any atom is -0.484 e. The molecule has 1 aromatic carbocycles. The van der Waals surface area contributed by atoms with E-state index in [1.54, 1.807) is 24.3 Å². The van der Waals surface area contributed by atoms with E-state index in [2.05, 4.69) is 27.9 Å². The summed E-state index contributed by atoms with van der Waals surface area (Å²) in [7, 11) is 0. The number of benzene rings is 1. The van der Waals surface area contributed by atoms with Gasteiger partial charge in [0.05, 0.1) is 4.75 Å². The van der Waals surface area contributed by atoms with Crippen molar-refractivity contribution in [1.82, 2.24) is 10.2 Å². The average Bonchev–Trinajstić information content (AvgIpc) is 2.99. The van der Waals surface area contributed by atoms with Gasteiger partial charge in [0.1, 0.15) is 29.8 Å². The van der Waals surface area contributed by atoms with Gasteiger partial charge in [-0.3, -0.25) is 9.59 Å². The smallest absolute Gasteiger partial charge is 0.330 e. The van der Waals surface area contributed by atoms with Crippen LogP contribution in [0.4, 0.5) is 0 Å². The van der Waals surface area contributed by atoms with Crippen LogP contribution in [-0.4, -0.2) is 66.3 Å². The van der Waals surface area contributed by atoms with Crippen LogP contribution >= 0.6 is 69.2 Å². The number of carbonyl (C=O) groups is 3. The summed E-state index contributed by atoms with van der Waals surface area (Å²) in [6, 6.07) is 7.31. The molecule has 3 rings (SSSR count). The van der Waals surface area contributed by atoms with Crippen molar-refractivity contribution in [3.8, 4) is 5.75 Å². The summed E-state index contributed by atoms with van der Waals surface area (Å²) in [6.45, 7) is 1.23. The third-order valence-electron chi connectivity index (χ3n) is 4.62. The van der Waals surface area contributed by atoms with Crippen LogP contribution in [0, 0.1) is 0 Å². The minimum atomic E-state index is -1.74. The van der Waals surface area contributed by atoms with E-state index in [1.807, 2.05) is 13.0 Å². The molecule has 2 saturated heterocycles. The van der Waals surface area contributed by atoms with Gasteiger partial charge in [-0.1, -0.05) is 75.6 Å². The van der Waals surface area contributed by atoms with Crippen molar-refractivity contribution in [2.75, 3.05) is 17.6 Å². The topological polar surface area (TPSA) is 84.9 Å². The lowest BCUT2D eigenvalue weighted by atomic mass is 9.96. The second-order valence-corrected chi connectivity index (χ2v) is 11.9. The number of rotatable bonds is 7. The summed E-state index contributed by atoms with van der Waals surface area (Å²) >= 11 is 20.6. The van der Waals surface area contributed by atoms with E-state index in [4.69, 9.17) is 44.3 Å². The molecule has 164 valence electrons. The normalized spacial score (nSPS) is 27.8. The number of hydrogen-bond acceptors (Lipinski definition) is 6. The summed E-state index contributed by atoms with van der Waals surface area (Å²) < 4.78 is 8.78. The second-order valence-electron chi connectivity index (χ2n) is 6.97. The lowest BCUT2D eigenvalue weighted by molar-refractivity contribution is -0.164. The second kappa shape index (κ2) is 9.48. The lowest BCUT2D eigenvalue weighted by Gasteiger charge is -2.44. The predicted molar refractivity (Wildman–Crippen MR) is 124 cm³/mol. The molecule has 2 amide bonds. The van der Waals surface area contributed by atoms with Crippen LogP contribution in [-0.2, 0) is 19.1 Å². The number of hydrogen-bond donors (Lipinski definition) is 1. The zero-order valence-electron chi connectivity index (χ0n) is 15.6. The summed E-state index contributed by atoms with van der Waals surface area (Å²) in [5, 5.41) is 2.31. The Bertz CT molecular complexity index is 828.